The van der Waals surface area contributed by atoms with Gasteiger partial charge < -0.3 is 19.7 Å². The zero-order valence-electron chi connectivity index (χ0n) is 11.5. The molecule has 6 nitrogen and oxygen atoms in total. The molecule has 0 radical (unpaired) electrons. The third kappa shape index (κ3) is 2.56. The van der Waals surface area contributed by atoms with Gasteiger partial charge in [0.1, 0.15) is 0 Å². The zero-order chi connectivity index (χ0) is 14.8. The van der Waals surface area contributed by atoms with Gasteiger partial charge in [-0.05, 0) is 18.2 Å². The molecule has 1 aromatic rings. The van der Waals surface area contributed by atoms with E-state index < -0.39 is 0 Å². The summed E-state index contributed by atoms with van der Waals surface area (Å²) in [6, 6.07) is 5.11. The third-order valence-corrected chi connectivity index (χ3v) is 3.58. The van der Waals surface area contributed by atoms with Crippen molar-refractivity contribution in [2.24, 2.45) is 5.92 Å². The van der Waals surface area contributed by atoms with Crippen LogP contribution in [0.2, 0.25) is 0 Å². The van der Waals surface area contributed by atoms with E-state index in [1.54, 1.807) is 29.2 Å². The molecular formula is C15H16N2O4. The average Bonchev–Trinajstić information content (AvgIpc) is 2.90. The molecule has 0 aliphatic carbocycles. The number of carbonyl (C=O) groups excluding carboxylic acids is 2. The predicted octanol–water partition coefficient (Wildman–Crippen LogP) is 0.789. The Morgan fingerprint density at radius 1 is 1.33 bits per heavy atom. The Balaban J connectivity index is 1.58. The second-order valence-electron chi connectivity index (χ2n) is 5.01. The van der Waals surface area contributed by atoms with E-state index in [1.165, 1.54) is 0 Å². The van der Waals surface area contributed by atoms with E-state index in [2.05, 4.69) is 11.9 Å². The molecular weight excluding hydrogens is 272 g/mol. The summed E-state index contributed by atoms with van der Waals surface area (Å²) in [6.07, 6.45) is 1.63. The van der Waals surface area contributed by atoms with Gasteiger partial charge >= 0.3 is 0 Å². The van der Waals surface area contributed by atoms with E-state index in [-0.39, 0.29) is 24.5 Å². The first-order valence-electron chi connectivity index (χ1n) is 6.76. The molecule has 0 spiro atoms. The Labute approximate surface area is 122 Å². The maximum Gasteiger partial charge on any atom is 0.254 e. The fourth-order valence-corrected chi connectivity index (χ4v) is 2.34. The molecule has 1 aromatic carbocycles. The van der Waals surface area contributed by atoms with Crippen molar-refractivity contribution >= 4 is 11.8 Å². The molecule has 110 valence electrons. The first-order chi connectivity index (χ1) is 10.2. The number of nitrogens with one attached hydrogen (secondary N) is 1. The lowest BCUT2D eigenvalue weighted by Gasteiger charge is -2.38. The van der Waals surface area contributed by atoms with E-state index in [0.29, 0.717) is 36.7 Å². The van der Waals surface area contributed by atoms with Gasteiger partial charge in [0.05, 0.1) is 5.92 Å². The Morgan fingerprint density at radius 3 is 2.86 bits per heavy atom. The van der Waals surface area contributed by atoms with Gasteiger partial charge in [0.25, 0.3) is 5.91 Å². The molecule has 2 aliphatic rings. The van der Waals surface area contributed by atoms with E-state index in [4.69, 9.17) is 9.47 Å². The molecule has 0 unspecified atom stereocenters. The summed E-state index contributed by atoms with van der Waals surface area (Å²) in [5, 5.41) is 2.74. The van der Waals surface area contributed by atoms with Crippen LogP contribution in [-0.2, 0) is 4.79 Å². The van der Waals surface area contributed by atoms with Crippen molar-refractivity contribution in [1.82, 2.24) is 10.2 Å². The van der Waals surface area contributed by atoms with Crippen LogP contribution in [0.15, 0.2) is 30.9 Å². The number of benzene rings is 1. The zero-order valence-corrected chi connectivity index (χ0v) is 11.5. The molecule has 0 atom stereocenters. The number of fused-ring (bicyclic) bond motifs is 1. The monoisotopic (exact) mass is 288 g/mol. The standard InChI is InChI=1S/C15H16N2O4/c1-2-5-16-14(18)11-7-17(8-11)15(19)10-3-4-12-13(6-10)21-9-20-12/h2-4,6,11H,1,5,7-9H2,(H,16,18). The van der Waals surface area contributed by atoms with Gasteiger partial charge in [-0.15, -0.1) is 6.58 Å². The number of hydrogen-bond acceptors (Lipinski definition) is 4. The Bertz CT molecular complexity index is 593. The molecule has 2 amide bonds. The van der Waals surface area contributed by atoms with Crippen LogP contribution in [0.25, 0.3) is 0 Å². The van der Waals surface area contributed by atoms with Crippen LogP contribution in [0.5, 0.6) is 11.5 Å². The SMILES string of the molecule is C=CCNC(=O)C1CN(C(=O)c2ccc3c(c2)OCO3)C1. The third-order valence-electron chi connectivity index (χ3n) is 3.58. The second-order valence-corrected chi connectivity index (χ2v) is 5.01. The summed E-state index contributed by atoms with van der Waals surface area (Å²) in [6.45, 7) is 5.06. The first kappa shape index (κ1) is 13.5. The summed E-state index contributed by atoms with van der Waals surface area (Å²) < 4.78 is 10.5. The Morgan fingerprint density at radius 2 is 2.10 bits per heavy atom. The highest BCUT2D eigenvalue weighted by Crippen LogP contribution is 2.33. The fourth-order valence-electron chi connectivity index (χ4n) is 2.34. The summed E-state index contributed by atoms with van der Waals surface area (Å²) in [5.74, 6) is 0.965. The molecule has 3 rings (SSSR count). The van der Waals surface area contributed by atoms with Gasteiger partial charge in [-0.25, -0.2) is 0 Å². The van der Waals surface area contributed by atoms with Crippen molar-refractivity contribution < 1.29 is 19.1 Å². The van der Waals surface area contributed by atoms with Gasteiger partial charge in [-0.1, -0.05) is 6.08 Å². The number of rotatable bonds is 4. The van der Waals surface area contributed by atoms with Crippen LogP contribution in [0.1, 0.15) is 10.4 Å². The molecule has 0 saturated carbocycles. The predicted molar refractivity (Wildman–Crippen MR) is 75.2 cm³/mol. The van der Waals surface area contributed by atoms with Crippen molar-refractivity contribution in [1.29, 1.82) is 0 Å². The minimum absolute atomic E-state index is 0.0374. The normalized spacial score (nSPS) is 16.3. The largest absolute Gasteiger partial charge is 0.454 e. The van der Waals surface area contributed by atoms with E-state index in [1.807, 2.05) is 0 Å². The van der Waals surface area contributed by atoms with Gasteiger partial charge in [0.15, 0.2) is 11.5 Å². The van der Waals surface area contributed by atoms with Crippen molar-refractivity contribution in [2.75, 3.05) is 26.4 Å². The van der Waals surface area contributed by atoms with Crippen LogP contribution < -0.4 is 14.8 Å². The molecule has 6 heteroatoms. The first-order valence-corrected chi connectivity index (χ1v) is 6.76. The summed E-state index contributed by atoms with van der Waals surface area (Å²) in [5.41, 5.74) is 0.546. The maximum atomic E-state index is 12.3. The van der Waals surface area contributed by atoms with Gasteiger partial charge in [0, 0.05) is 25.2 Å². The van der Waals surface area contributed by atoms with Crippen LogP contribution in [-0.4, -0.2) is 43.1 Å². The highest BCUT2D eigenvalue weighted by Gasteiger charge is 2.36. The Hall–Kier alpha value is -2.50. The number of nitrogens with zero attached hydrogens (tertiary/aromatic N) is 1. The highest BCUT2D eigenvalue weighted by atomic mass is 16.7. The number of carbonyl (C=O) groups is 2. The fraction of sp³-hybridized carbons (Fsp3) is 0.333. The van der Waals surface area contributed by atoms with Crippen molar-refractivity contribution in [2.45, 2.75) is 0 Å². The van der Waals surface area contributed by atoms with E-state index in [9.17, 15) is 9.59 Å². The minimum atomic E-state index is -0.136. The lowest BCUT2D eigenvalue weighted by molar-refractivity contribution is -0.128. The highest BCUT2D eigenvalue weighted by molar-refractivity contribution is 5.96. The van der Waals surface area contributed by atoms with Crippen LogP contribution in [0.3, 0.4) is 0 Å². The molecule has 1 saturated heterocycles. The Kier molecular flexibility index (Phi) is 3.51. The minimum Gasteiger partial charge on any atom is -0.454 e. The number of ether oxygens (including phenoxy) is 2. The molecule has 1 N–H and O–H groups in total. The molecule has 2 aliphatic heterocycles. The topological polar surface area (TPSA) is 67.9 Å². The smallest absolute Gasteiger partial charge is 0.254 e. The van der Waals surface area contributed by atoms with Gasteiger partial charge in [-0.2, -0.15) is 0 Å². The van der Waals surface area contributed by atoms with E-state index in [0.717, 1.165) is 0 Å². The average molecular weight is 288 g/mol. The van der Waals surface area contributed by atoms with Crippen molar-refractivity contribution in [3.63, 3.8) is 0 Å². The molecule has 21 heavy (non-hydrogen) atoms. The number of amides is 2. The molecule has 2 heterocycles. The van der Waals surface area contributed by atoms with Crippen LogP contribution in [0.4, 0.5) is 0 Å². The maximum absolute atomic E-state index is 12.3. The molecule has 1 fully saturated rings. The number of likely N-dealkylation sites (tertiary alicyclic amines) is 1. The lowest BCUT2D eigenvalue weighted by atomic mass is 9.97. The summed E-state index contributed by atoms with van der Waals surface area (Å²) in [4.78, 5) is 25.6. The molecule has 0 aromatic heterocycles. The van der Waals surface area contributed by atoms with Crippen LogP contribution >= 0.6 is 0 Å². The van der Waals surface area contributed by atoms with Crippen molar-refractivity contribution in [3.8, 4) is 11.5 Å². The second kappa shape index (κ2) is 5.47. The number of hydrogen-bond donors (Lipinski definition) is 1. The van der Waals surface area contributed by atoms with E-state index >= 15 is 0 Å². The lowest BCUT2D eigenvalue weighted by Crippen LogP contribution is -2.55. The summed E-state index contributed by atoms with van der Waals surface area (Å²) >= 11 is 0. The van der Waals surface area contributed by atoms with Gasteiger partial charge in [0.2, 0.25) is 12.7 Å². The van der Waals surface area contributed by atoms with Crippen molar-refractivity contribution in [3.05, 3.63) is 36.4 Å². The molecule has 0 bridgehead atoms. The van der Waals surface area contributed by atoms with Crippen LogP contribution in [0, 0.1) is 5.92 Å². The quantitative estimate of drug-likeness (QED) is 0.832. The van der Waals surface area contributed by atoms with Gasteiger partial charge in [-0.3, -0.25) is 9.59 Å². The summed E-state index contributed by atoms with van der Waals surface area (Å²) in [7, 11) is 0.